The zero-order valence-electron chi connectivity index (χ0n) is 10.9. The van der Waals surface area contributed by atoms with Gasteiger partial charge in [-0.2, -0.15) is 0 Å². The zero-order chi connectivity index (χ0) is 13.8. The number of nitrogens with one attached hydrogen (secondary N) is 1. The van der Waals surface area contributed by atoms with Gasteiger partial charge in [0.05, 0.1) is 27.1 Å². The Balaban J connectivity index is 2.10. The Morgan fingerprint density at radius 1 is 1.42 bits per heavy atom. The summed E-state index contributed by atoms with van der Waals surface area (Å²) in [5, 5.41) is 12.3. The van der Waals surface area contributed by atoms with E-state index in [1.165, 1.54) is 0 Å². The van der Waals surface area contributed by atoms with Gasteiger partial charge < -0.3 is 5.32 Å². The Labute approximate surface area is 126 Å². The van der Waals surface area contributed by atoms with E-state index < -0.39 is 0 Å². The smallest absolute Gasteiger partial charge is 0.0969 e. The Hall–Kier alpha value is -0.910. The van der Waals surface area contributed by atoms with Crippen molar-refractivity contribution >= 4 is 27.5 Å². The molecule has 0 fully saturated rings. The van der Waals surface area contributed by atoms with Crippen LogP contribution in [-0.2, 0) is 6.54 Å². The normalized spacial score (nSPS) is 11.2. The first-order chi connectivity index (χ1) is 9.08. The maximum Gasteiger partial charge on any atom is 0.0969 e. The number of rotatable bonds is 5. The van der Waals surface area contributed by atoms with Gasteiger partial charge in [-0.15, -0.1) is 5.10 Å². The van der Waals surface area contributed by atoms with Crippen molar-refractivity contribution in [1.82, 2.24) is 20.3 Å². The second kappa shape index (κ2) is 6.50. The number of nitrogens with zero attached hydrogens (tertiary/aromatic N) is 3. The van der Waals surface area contributed by atoms with E-state index in [1.54, 1.807) is 4.68 Å². The third-order valence-corrected chi connectivity index (χ3v) is 3.95. The van der Waals surface area contributed by atoms with Crippen LogP contribution >= 0.6 is 27.5 Å². The summed E-state index contributed by atoms with van der Waals surface area (Å²) >= 11 is 9.53. The quantitative estimate of drug-likeness (QED) is 0.904. The van der Waals surface area contributed by atoms with Crippen LogP contribution in [0.4, 0.5) is 0 Å². The zero-order valence-corrected chi connectivity index (χ0v) is 13.2. The fraction of sp³-hybridized carbons (Fsp3) is 0.385. The Morgan fingerprint density at radius 2 is 2.21 bits per heavy atom. The molecule has 0 aliphatic rings. The van der Waals surface area contributed by atoms with Crippen LogP contribution < -0.4 is 5.32 Å². The monoisotopic (exact) mass is 342 g/mol. The molecule has 1 aromatic heterocycles. The van der Waals surface area contributed by atoms with E-state index in [4.69, 9.17) is 11.6 Å². The molecule has 0 aliphatic heterocycles. The van der Waals surface area contributed by atoms with Gasteiger partial charge in [0.25, 0.3) is 0 Å². The second-order valence-electron chi connectivity index (χ2n) is 4.75. The Bertz CT molecular complexity index is 553. The van der Waals surface area contributed by atoms with Crippen molar-refractivity contribution in [2.24, 2.45) is 5.92 Å². The van der Waals surface area contributed by atoms with Crippen LogP contribution in [0.1, 0.15) is 19.5 Å². The van der Waals surface area contributed by atoms with E-state index in [1.807, 2.05) is 24.4 Å². The fourth-order valence-corrected chi connectivity index (χ4v) is 2.27. The van der Waals surface area contributed by atoms with E-state index in [9.17, 15) is 0 Å². The van der Waals surface area contributed by atoms with Crippen LogP contribution in [0.15, 0.2) is 28.9 Å². The molecule has 4 nitrogen and oxygen atoms in total. The first kappa shape index (κ1) is 14.5. The molecule has 2 aromatic rings. The lowest BCUT2D eigenvalue weighted by Crippen LogP contribution is -2.19. The maximum absolute atomic E-state index is 6.07. The van der Waals surface area contributed by atoms with Crippen LogP contribution in [0.5, 0.6) is 0 Å². The van der Waals surface area contributed by atoms with Crippen molar-refractivity contribution in [3.8, 4) is 5.69 Å². The molecule has 1 heterocycles. The molecule has 0 amide bonds. The van der Waals surface area contributed by atoms with Gasteiger partial charge in [-0.25, -0.2) is 4.68 Å². The minimum absolute atomic E-state index is 0.622. The summed E-state index contributed by atoms with van der Waals surface area (Å²) in [5.74, 6) is 0.622. The van der Waals surface area contributed by atoms with Gasteiger partial charge in [-0.1, -0.05) is 36.7 Å². The largest absolute Gasteiger partial charge is 0.311 e. The van der Waals surface area contributed by atoms with Gasteiger partial charge in [0.15, 0.2) is 0 Å². The van der Waals surface area contributed by atoms with Crippen LogP contribution in [-0.4, -0.2) is 21.5 Å². The van der Waals surface area contributed by atoms with E-state index in [0.717, 1.165) is 28.9 Å². The minimum atomic E-state index is 0.622. The summed E-state index contributed by atoms with van der Waals surface area (Å²) in [6.07, 6.45) is 1.91. The molecule has 0 spiro atoms. The lowest BCUT2D eigenvalue weighted by molar-refractivity contribution is 0.548. The highest BCUT2D eigenvalue weighted by atomic mass is 79.9. The molecule has 0 unspecified atom stereocenters. The summed E-state index contributed by atoms with van der Waals surface area (Å²) in [4.78, 5) is 0. The van der Waals surface area contributed by atoms with Gasteiger partial charge >= 0.3 is 0 Å². The molecule has 2 rings (SSSR count). The summed E-state index contributed by atoms with van der Waals surface area (Å²) in [6.45, 7) is 6.03. The molecular weight excluding hydrogens is 328 g/mol. The third-order valence-electron chi connectivity index (χ3n) is 2.58. The van der Waals surface area contributed by atoms with Crippen molar-refractivity contribution in [2.75, 3.05) is 6.54 Å². The standard InChI is InChI=1S/C13H16BrClN4/c1-9(2)6-16-7-10-8-19(18-17-10)12-5-3-4-11(15)13(12)14/h3-5,8-9,16H,6-7H2,1-2H3. The minimum Gasteiger partial charge on any atom is -0.311 e. The van der Waals surface area contributed by atoms with Crippen molar-refractivity contribution < 1.29 is 0 Å². The van der Waals surface area contributed by atoms with Crippen LogP contribution in [0.3, 0.4) is 0 Å². The topological polar surface area (TPSA) is 42.7 Å². The molecule has 0 radical (unpaired) electrons. The number of benzene rings is 1. The molecule has 0 bridgehead atoms. The van der Waals surface area contributed by atoms with Gasteiger partial charge in [-0.3, -0.25) is 0 Å². The molecule has 0 saturated heterocycles. The average molecular weight is 344 g/mol. The first-order valence-corrected chi connectivity index (χ1v) is 7.31. The molecule has 0 aliphatic carbocycles. The van der Waals surface area contributed by atoms with Crippen LogP contribution in [0.2, 0.25) is 5.02 Å². The molecule has 1 aromatic carbocycles. The van der Waals surface area contributed by atoms with Crippen molar-refractivity contribution in [3.63, 3.8) is 0 Å². The van der Waals surface area contributed by atoms with E-state index >= 15 is 0 Å². The molecule has 0 atom stereocenters. The van der Waals surface area contributed by atoms with E-state index in [-0.39, 0.29) is 0 Å². The lowest BCUT2D eigenvalue weighted by Gasteiger charge is -2.05. The molecule has 1 N–H and O–H groups in total. The summed E-state index contributed by atoms with van der Waals surface area (Å²) in [6, 6.07) is 5.66. The van der Waals surface area contributed by atoms with Crippen molar-refractivity contribution in [1.29, 1.82) is 0 Å². The molecule has 6 heteroatoms. The summed E-state index contributed by atoms with van der Waals surface area (Å²) in [7, 11) is 0. The van der Waals surface area contributed by atoms with Crippen LogP contribution in [0, 0.1) is 5.92 Å². The first-order valence-electron chi connectivity index (χ1n) is 6.14. The van der Waals surface area contributed by atoms with E-state index in [2.05, 4.69) is 45.4 Å². The highest BCUT2D eigenvalue weighted by Crippen LogP contribution is 2.28. The Kier molecular flexibility index (Phi) is 4.96. The Morgan fingerprint density at radius 3 is 2.95 bits per heavy atom. The predicted molar refractivity (Wildman–Crippen MR) is 80.6 cm³/mol. The van der Waals surface area contributed by atoms with Gasteiger partial charge in [-0.05, 0) is 40.5 Å². The molecule has 19 heavy (non-hydrogen) atoms. The lowest BCUT2D eigenvalue weighted by atomic mass is 10.2. The number of hydrogen-bond donors (Lipinski definition) is 1. The summed E-state index contributed by atoms with van der Waals surface area (Å²) < 4.78 is 2.55. The maximum atomic E-state index is 6.07. The van der Waals surface area contributed by atoms with Gasteiger partial charge in [0.2, 0.25) is 0 Å². The second-order valence-corrected chi connectivity index (χ2v) is 5.95. The van der Waals surface area contributed by atoms with Crippen molar-refractivity contribution in [2.45, 2.75) is 20.4 Å². The van der Waals surface area contributed by atoms with E-state index in [0.29, 0.717) is 10.9 Å². The molecular formula is C13H16BrClN4. The number of hydrogen-bond acceptors (Lipinski definition) is 3. The predicted octanol–water partition coefficient (Wildman–Crippen LogP) is 3.43. The SMILES string of the molecule is CC(C)CNCc1cn(-c2cccc(Cl)c2Br)nn1. The van der Waals surface area contributed by atoms with Gasteiger partial charge in [0.1, 0.15) is 0 Å². The molecule has 102 valence electrons. The average Bonchev–Trinajstić information content (AvgIpc) is 2.81. The third kappa shape index (κ3) is 3.78. The highest BCUT2D eigenvalue weighted by molar-refractivity contribution is 9.10. The highest BCUT2D eigenvalue weighted by Gasteiger charge is 2.08. The van der Waals surface area contributed by atoms with Gasteiger partial charge in [0, 0.05) is 6.54 Å². The summed E-state index contributed by atoms with van der Waals surface area (Å²) in [5.41, 5.74) is 1.79. The molecule has 0 saturated carbocycles. The van der Waals surface area contributed by atoms with Crippen molar-refractivity contribution in [3.05, 3.63) is 39.6 Å². The fourth-order valence-electron chi connectivity index (χ4n) is 1.66. The number of aromatic nitrogens is 3. The van der Waals surface area contributed by atoms with Crippen LogP contribution in [0.25, 0.3) is 5.69 Å². The number of halogens is 2.